The highest BCUT2D eigenvalue weighted by Crippen LogP contribution is 2.43. The fourth-order valence-electron chi connectivity index (χ4n) is 2.76. The van der Waals surface area contributed by atoms with Crippen LogP contribution < -0.4 is 5.43 Å². The minimum absolute atomic E-state index is 0.226. The molecule has 3 rings (SSSR count). The lowest BCUT2D eigenvalue weighted by molar-refractivity contribution is 0.0957. The van der Waals surface area contributed by atoms with Gasteiger partial charge < -0.3 is 5.11 Å². The maximum Gasteiger partial charge on any atom is 0.281 e. The number of aliphatic hydroxyl groups is 1. The molecule has 0 bridgehead atoms. The van der Waals surface area contributed by atoms with Crippen LogP contribution in [0.4, 0.5) is 0 Å². The normalized spacial score (nSPS) is 17.0. The Hall–Kier alpha value is -1.34. The summed E-state index contributed by atoms with van der Waals surface area (Å²) in [4.78, 5) is 13.1. The molecule has 1 atom stereocenters. The van der Waals surface area contributed by atoms with E-state index in [0.29, 0.717) is 9.90 Å². The molecule has 0 saturated heterocycles. The molecule has 126 valence electrons. The Balaban J connectivity index is 1.77. The van der Waals surface area contributed by atoms with Crippen molar-refractivity contribution >= 4 is 46.8 Å². The van der Waals surface area contributed by atoms with E-state index in [9.17, 15) is 9.90 Å². The van der Waals surface area contributed by atoms with Gasteiger partial charge in [0.1, 0.15) is 0 Å². The van der Waals surface area contributed by atoms with Crippen LogP contribution in [0.15, 0.2) is 33.6 Å². The van der Waals surface area contributed by atoms with Crippen molar-refractivity contribution < 1.29 is 9.90 Å². The third-order valence-corrected chi connectivity index (χ3v) is 6.53. The number of hydrazone groups is 1. The minimum Gasteiger partial charge on any atom is -0.388 e. The Morgan fingerprint density at radius 3 is 2.92 bits per heavy atom. The van der Waals surface area contributed by atoms with E-state index in [0.717, 1.165) is 40.2 Å². The van der Waals surface area contributed by atoms with Crippen LogP contribution >= 0.6 is 34.7 Å². The zero-order chi connectivity index (χ0) is 17.1. The topological polar surface area (TPSA) is 61.7 Å². The maximum atomic E-state index is 12.5. The van der Waals surface area contributed by atoms with E-state index in [1.165, 1.54) is 11.3 Å². The molecule has 0 radical (unpaired) electrons. The van der Waals surface area contributed by atoms with Gasteiger partial charge in [-0.1, -0.05) is 23.7 Å². The number of nitrogens with one attached hydrogen (secondary N) is 1. The van der Waals surface area contributed by atoms with Crippen LogP contribution in [0.1, 0.15) is 45.3 Å². The van der Waals surface area contributed by atoms with Crippen molar-refractivity contribution in [2.75, 3.05) is 6.26 Å². The quantitative estimate of drug-likeness (QED) is 0.473. The van der Waals surface area contributed by atoms with Gasteiger partial charge in [-0.05, 0) is 48.8 Å². The summed E-state index contributed by atoms with van der Waals surface area (Å²) in [5.74, 6) is -0.226. The number of thiophene rings is 1. The van der Waals surface area contributed by atoms with Crippen molar-refractivity contribution in [3.63, 3.8) is 0 Å². The number of hydrogen-bond acceptors (Lipinski definition) is 5. The van der Waals surface area contributed by atoms with Gasteiger partial charge >= 0.3 is 0 Å². The first-order chi connectivity index (χ1) is 11.6. The van der Waals surface area contributed by atoms with Gasteiger partial charge in [0.25, 0.3) is 5.91 Å². The number of rotatable bonds is 4. The lowest BCUT2D eigenvalue weighted by atomic mass is 9.91. The van der Waals surface area contributed by atoms with Crippen molar-refractivity contribution in [2.24, 2.45) is 5.10 Å². The highest BCUT2D eigenvalue weighted by molar-refractivity contribution is 8.00. The number of fused-ring (bicyclic) bond motifs is 1. The molecule has 1 amide bonds. The third kappa shape index (κ3) is 3.67. The summed E-state index contributed by atoms with van der Waals surface area (Å²) in [6.45, 7) is 0. The Morgan fingerprint density at radius 1 is 1.46 bits per heavy atom. The van der Waals surface area contributed by atoms with Gasteiger partial charge in [-0.2, -0.15) is 5.10 Å². The van der Waals surface area contributed by atoms with Crippen LogP contribution in [0.2, 0.25) is 5.02 Å². The van der Waals surface area contributed by atoms with Crippen LogP contribution in [-0.2, 0) is 6.42 Å². The molecule has 0 fully saturated rings. The van der Waals surface area contributed by atoms with Crippen molar-refractivity contribution in [2.45, 2.75) is 29.6 Å². The number of aliphatic hydroxyl groups excluding tert-OH is 1. The second kappa shape index (κ2) is 7.70. The third-order valence-electron chi connectivity index (χ3n) is 3.89. The summed E-state index contributed by atoms with van der Waals surface area (Å²) in [7, 11) is 0. The van der Waals surface area contributed by atoms with Gasteiger partial charge in [-0.15, -0.1) is 23.1 Å². The Labute approximate surface area is 153 Å². The number of nitrogens with zero attached hydrogens (tertiary/aromatic N) is 1. The van der Waals surface area contributed by atoms with E-state index in [4.69, 9.17) is 11.6 Å². The van der Waals surface area contributed by atoms with Gasteiger partial charge in [-0.25, -0.2) is 5.43 Å². The molecular weight excluding hydrogens is 364 g/mol. The molecule has 7 heteroatoms. The lowest BCUT2D eigenvalue weighted by Gasteiger charge is -2.19. The second-order valence-electron chi connectivity index (χ2n) is 5.47. The van der Waals surface area contributed by atoms with E-state index >= 15 is 0 Å². The number of halogens is 1. The van der Waals surface area contributed by atoms with Gasteiger partial charge in [0.2, 0.25) is 0 Å². The van der Waals surface area contributed by atoms with Crippen molar-refractivity contribution in [1.82, 2.24) is 5.43 Å². The smallest absolute Gasteiger partial charge is 0.281 e. The largest absolute Gasteiger partial charge is 0.388 e. The number of carbonyl (C=O) groups is 1. The lowest BCUT2D eigenvalue weighted by Crippen LogP contribution is -2.19. The summed E-state index contributed by atoms with van der Waals surface area (Å²) >= 11 is 8.85. The van der Waals surface area contributed by atoms with Crippen LogP contribution in [0, 0.1) is 0 Å². The minimum atomic E-state index is -0.466. The van der Waals surface area contributed by atoms with Crippen LogP contribution in [-0.4, -0.2) is 23.5 Å². The summed E-state index contributed by atoms with van der Waals surface area (Å²) in [5, 5.41) is 14.9. The monoisotopic (exact) mass is 380 g/mol. The number of thioether (sulfide) groups is 1. The first-order valence-electron chi connectivity index (χ1n) is 7.56. The molecule has 0 spiro atoms. The van der Waals surface area contributed by atoms with E-state index in [1.54, 1.807) is 30.1 Å². The molecule has 1 aromatic carbocycles. The SMILES string of the molecule is CSc1sc(C(=O)NN=Cc2ccc(Cl)cc2)c2c1C(O)CCC2. The summed E-state index contributed by atoms with van der Waals surface area (Å²) in [5.41, 5.74) is 5.35. The van der Waals surface area contributed by atoms with Gasteiger partial charge in [0.05, 0.1) is 21.4 Å². The molecular formula is C17H17ClN2O2S2. The van der Waals surface area contributed by atoms with E-state index in [2.05, 4.69) is 10.5 Å². The van der Waals surface area contributed by atoms with Crippen molar-refractivity contribution in [3.8, 4) is 0 Å². The maximum absolute atomic E-state index is 12.5. The molecule has 1 aromatic heterocycles. The summed E-state index contributed by atoms with van der Waals surface area (Å²) < 4.78 is 1.02. The average Bonchev–Trinajstić information content (AvgIpc) is 2.97. The van der Waals surface area contributed by atoms with Crippen molar-refractivity contribution in [1.29, 1.82) is 0 Å². The Kier molecular flexibility index (Phi) is 5.61. The highest BCUT2D eigenvalue weighted by Gasteiger charge is 2.29. The molecule has 1 aliphatic rings. The number of benzene rings is 1. The molecule has 1 heterocycles. The van der Waals surface area contributed by atoms with Crippen LogP contribution in [0.25, 0.3) is 0 Å². The first-order valence-corrected chi connectivity index (χ1v) is 9.98. The molecule has 24 heavy (non-hydrogen) atoms. The predicted octanol–water partition coefficient (Wildman–Crippen LogP) is 4.26. The predicted molar refractivity (Wildman–Crippen MR) is 101 cm³/mol. The van der Waals surface area contributed by atoms with E-state index in [1.807, 2.05) is 18.4 Å². The number of carbonyl (C=O) groups excluding carboxylic acids is 1. The van der Waals surface area contributed by atoms with Gasteiger partial charge in [0.15, 0.2) is 0 Å². The summed E-state index contributed by atoms with van der Waals surface area (Å²) in [6.07, 6.45) is 5.56. The van der Waals surface area contributed by atoms with Crippen LogP contribution in [0.5, 0.6) is 0 Å². The molecule has 4 nitrogen and oxygen atoms in total. The second-order valence-corrected chi connectivity index (χ2v) is 8.01. The van der Waals surface area contributed by atoms with Gasteiger partial charge in [-0.3, -0.25) is 4.79 Å². The van der Waals surface area contributed by atoms with Crippen LogP contribution in [0.3, 0.4) is 0 Å². The van der Waals surface area contributed by atoms with E-state index < -0.39 is 6.10 Å². The fraction of sp³-hybridized carbons (Fsp3) is 0.294. The van der Waals surface area contributed by atoms with E-state index in [-0.39, 0.29) is 5.91 Å². The molecule has 0 saturated carbocycles. The summed E-state index contributed by atoms with van der Waals surface area (Å²) in [6, 6.07) is 7.19. The first kappa shape index (κ1) is 17.5. The zero-order valence-electron chi connectivity index (χ0n) is 13.1. The molecule has 2 aromatic rings. The zero-order valence-corrected chi connectivity index (χ0v) is 15.5. The number of hydrogen-bond donors (Lipinski definition) is 2. The average molecular weight is 381 g/mol. The standard InChI is InChI=1S/C17H17ClN2O2S2/c1-23-17-14-12(3-2-4-13(14)21)15(24-17)16(22)20-19-9-10-5-7-11(18)8-6-10/h5-9,13,21H,2-4H2,1H3,(H,20,22). The number of amides is 1. The Bertz CT molecular complexity index is 772. The van der Waals surface area contributed by atoms with Crippen molar-refractivity contribution in [3.05, 3.63) is 50.9 Å². The highest BCUT2D eigenvalue weighted by atomic mass is 35.5. The Morgan fingerprint density at radius 2 is 2.21 bits per heavy atom. The molecule has 1 unspecified atom stereocenters. The fourth-order valence-corrected chi connectivity index (χ4v) is 4.97. The van der Waals surface area contributed by atoms with Gasteiger partial charge in [0, 0.05) is 10.6 Å². The molecule has 0 aliphatic heterocycles. The molecule has 2 N–H and O–H groups in total. The molecule has 1 aliphatic carbocycles.